The Balaban J connectivity index is 2.27. The molecule has 2 unspecified atom stereocenters. The molecule has 100 valence electrons. The SMILES string of the molecule is CC(C)CCOC(C)C(=O)N1CCC(CN)C1. The second-order valence-electron chi connectivity index (χ2n) is 5.37. The summed E-state index contributed by atoms with van der Waals surface area (Å²) in [6.45, 7) is 9.12. The predicted molar refractivity (Wildman–Crippen MR) is 68.6 cm³/mol. The molecule has 2 N–H and O–H groups in total. The molecule has 1 aliphatic heterocycles. The highest BCUT2D eigenvalue weighted by atomic mass is 16.5. The van der Waals surface area contributed by atoms with Crippen molar-refractivity contribution in [3.8, 4) is 0 Å². The van der Waals surface area contributed by atoms with Crippen LogP contribution in [0, 0.1) is 11.8 Å². The van der Waals surface area contributed by atoms with Gasteiger partial charge in [0.2, 0.25) is 0 Å². The van der Waals surface area contributed by atoms with Gasteiger partial charge < -0.3 is 15.4 Å². The van der Waals surface area contributed by atoms with Gasteiger partial charge in [0.25, 0.3) is 5.91 Å². The van der Waals surface area contributed by atoms with Crippen LogP contribution < -0.4 is 5.73 Å². The van der Waals surface area contributed by atoms with Crippen molar-refractivity contribution in [3.63, 3.8) is 0 Å². The summed E-state index contributed by atoms with van der Waals surface area (Å²) in [5, 5.41) is 0. The Morgan fingerprint density at radius 1 is 1.47 bits per heavy atom. The van der Waals surface area contributed by atoms with E-state index < -0.39 is 0 Å². The van der Waals surface area contributed by atoms with Gasteiger partial charge in [-0.15, -0.1) is 0 Å². The van der Waals surface area contributed by atoms with E-state index in [1.54, 1.807) is 0 Å². The van der Waals surface area contributed by atoms with Crippen LogP contribution in [0.15, 0.2) is 0 Å². The van der Waals surface area contributed by atoms with E-state index in [0.717, 1.165) is 25.9 Å². The second kappa shape index (κ2) is 6.97. The van der Waals surface area contributed by atoms with Crippen LogP contribution in [0.1, 0.15) is 33.6 Å². The van der Waals surface area contributed by atoms with Crippen molar-refractivity contribution < 1.29 is 9.53 Å². The lowest BCUT2D eigenvalue weighted by Crippen LogP contribution is -2.38. The molecule has 1 rings (SSSR count). The molecule has 0 bridgehead atoms. The van der Waals surface area contributed by atoms with Crippen molar-refractivity contribution in [3.05, 3.63) is 0 Å². The maximum absolute atomic E-state index is 12.0. The van der Waals surface area contributed by atoms with E-state index >= 15 is 0 Å². The van der Waals surface area contributed by atoms with Crippen LogP contribution in [0.25, 0.3) is 0 Å². The summed E-state index contributed by atoms with van der Waals surface area (Å²) in [5.74, 6) is 1.21. The van der Waals surface area contributed by atoms with Crippen molar-refractivity contribution in [2.45, 2.75) is 39.7 Å². The highest BCUT2D eigenvalue weighted by Gasteiger charge is 2.28. The number of hydrogen-bond acceptors (Lipinski definition) is 3. The molecule has 4 heteroatoms. The lowest BCUT2D eigenvalue weighted by molar-refractivity contribution is -0.141. The normalized spacial score (nSPS) is 22.2. The third-order valence-corrected chi connectivity index (χ3v) is 3.34. The minimum Gasteiger partial charge on any atom is -0.369 e. The number of rotatable bonds is 6. The van der Waals surface area contributed by atoms with Crippen LogP contribution in [0.3, 0.4) is 0 Å². The number of ether oxygens (including phenoxy) is 1. The van der Waals surface area contributed by atoms with Gasteiger partial charge in [0.15, 0.2) is 0 Å². The van der Waals surface area contributed by atoms with Gasteiger partial charge in [0, 0.05) is 19.7 Å². The Kier molecular flexibility index (Phi) is 5.92. The lowest BCUT2D eigenvalue weighted by Gasteiger charge is -2.21. The number of nitrogens with two attached hydrogens (primary N) is 1. The highest BCUT2D eigenvalue weighted by Crippen LogP contribution is 2.16. The molecule has 1 amide bonds. The van der Waals surface area contributed by atoms with E-state index in [1.807, 2.05) is 11.8 Å². The molecule has 1 saturated heterocycles. The highest BCUT2D eigenvalue weighted by molar-refractivity contribution is 5.80. The molecule has 0 aromatic carbocycles. The summed E-state index contributed by atoms with van der Waals surface area (Å²) in [6.07, 6.45) is 1.72. The molecule has 1 aliphatic rings. The Morgan fingerprint density at radius 2 is 2.18 bits per heavy atom. The summed E-state index contributed by atoms with van der Waals surface area (Å²) >= 11 is 0. The zero-order chi connectivity index (χ0) is 12.8. The van der Waals surface area contributed by atoms with E-state index in [1.165, 1.54) is 0 Å². The number of carbonyl (C=O) groups excluding carboxylic acids is 1. The van der Waals surface area contributed by atoms with Gasteiger partial charge in [-0.2, -0.15) is 0 Å². The molecule has 0 spiro atoms. The van der Waals surface area contributed by atoms with Gasteiger partial charge in [-0.1, -0.05) is 13.8 Å². The van der Waals surface area contributed by atoms with Gasteiger partial charge in [0.05, 0.1) is 0 Å². The molecule has 0 saturated carbocycles. The molecule has 1 heterocycles. The fourth-order valence-electron chi connectivity index (χ4n) is 2.03. The Morgan fingerprint density at radius 3 is 2.71 bits per heavy atom. The molecule has 0 aliphatic carbocycles. The van der Waals surface area contributed by atoms with Gasteiger partial charge >= 0.3 is 0 Å². The van der Waals surface area contributed by atoms with Crippen LogP contribution in [-0.2, 0) is 9.53 Å². The van der Waals surface area contributed by atoms with Gasteiger partial charge in [-0.25, -0.2) is 0 Å². The fourth-order valence-corrected chi connectivity index (χ4v) is 2.03. The molecule has 0 radical (unpaired) electrons. The Labute approximate surface area is 104 Å². The maximum atomic E-state index is 12.0. The summed E-state index contributed by atoms with van der Waals surface area (Å²) in [5.41, 5.74) is 5.62. The number of likely N-dealkylation sites (tertiary alicyclic amines) is 1. The van der Waals surface area contributed by atoms with E-state index in [4.69, 9.17) is 10.5 Å². The van der Waals surface area contributed by atoms with E-state index in [9.17, 15) is 4.79 Å². The zero-order valence-electron chi connectivity index (χ0n) is 11.3. The molecule has 0 aromatic rings. The van der Waals surface area contributed by atoms with Crippen LogP contribution in [0.4, 0.5) is 0 Å². The second-order valence-corrected chi connectivity index (χ2v) is 5.37. The first-order valence-corrected chi connectivity index (χ1v) is 6.65. The summed E-state index contributed by atoms with van der Waals surface area (Å²) in [7, 11) is 0. The average molecular weight is 242 g/mol. The van der Waals surface area contributed by atoms with E-state index in [0.29, 0.717) is 25.0 Å². The van der Waals surface area contributed by atoms with Gasteiger partial charge in [-0.3, -0.25) is 4.79 Å². The Bertz CT molecular complexity index is 244. The molecule has 17 heavy (non-hydrogen) atoms. The zero-order valence-corrected chi connectivity index (χ0v) is 11.3. The molecule has 2 atom stereocenters. The number of amides is 1. The molecule has 1 fully saturated rings. The van der Waals surface area contributed by atoms with Crippen LogP contribution in [0.2, 0.25) is 0 Å². The molecule has 4 nitrogen and oxygen atoms in total. The van der Waals surface area contributed by atoms with Crippen molar-refractivity contribution in [1.29, 1.82) is 0 Å². The fraction of sp³-hybridized carbons (Fsp3) is 0.923. The van der Waals surface area contributed by atoms with Gasteiger partial charge in [-0.05, 0) is 38.1 Å². The van der Waals surface area contributed by atoms with E-state index in [2.05, 4.69) is 13.8 Å². The predicted octanol–water partition coefficient (Wildman–Crippen LogP) is 1.24. The summed E-state index contributed by atoms with van der Waals surface area (Å²) < 4.78 is 5.57. The minimum atomic E-state index is -0.315. The average Bonchev–Trinajstić information content (AvgIpc) is 2.75. The third-order valence-electron chi connectivity index (χ3n) is 3.34. The van der Waals surface area contributed by atoms with Crippen molar-refractivity contribution in [2.24, 2.45) is 17.6 Å². The first kappa shape index (κ1) is 14.5. The minimum absolute atomic E-state index is 0.115. The largest absolute Gasteiger partial charge is 0.369 e. The maximum Gasteiger partial charge on any atom is 0.251 e. The van der Waals surface area contributed by atoms with Crippen molar-refractivity contribution in [1.82, 2.24) is 4.90 Å². The monoisotopic (exact) mass is 242 g/mol. The van der Waals surface area contributed by atoms with Crippen molar-refractivity contribution >= 4 is 5.91 Å². The lowest BCUT2D eigenvalue weighted by atomic mass is 10.1. The third kappa shape index (κ3) is 4.64. The topological polar surface area (TPSA) is 55.6 Å². The van der Waals surface area contributed by atoms with Gasteiger partial charge in [0.1, 0.15) is 6.10 Å². The first-order valence-electron chi connectivity index (χ1n) is 6.65. The van der Waals surface area contributed by atoms with Crippen LogP contribution in [0.5, 0.6) is 0 Å². The van der Waals surface area contributed by atoms with E-state index in [-0.39, 0.29) is 12.0 Å². The van der Waals surface area contributed by atoms with Crippen LogP contribution >= 0.6 is 0 Å². The number of carbonyl (C=O) groups is 1. The summed E-state index contributed by atoms with van der Waals surface area (Å²) in [4.78, 5) is 13.9. The number of hydrogen-bond donors (Lipinski definition) is 1. The molecular weight excluding hydrogens is 216 g/mol. The molecular formula is C13H26N2O2. The standard InChI is InChI=1S/C13H26N2O2/c1-10(2)5-7-17-11(3)13(16)15-6-4-12(8-14)9-15/h10-12H,4-9,14H2,1-3H3. The first-order chi connectivity index (χ1) is 8.04. The summed E-state index contributed by atoms with van der Waals surface area (Å²) in [6, 6.07) is 0. The molecule has 0 aromatic heterocycles. The van der Waals surface area contributed by atoms with Crippen molar-refractivity contribution in [2.75, 3.05) is 26.2 Å². The smallest absolute Gasteiger partial charge is 0.251 e. The quantitative estimate of drug-likeness (QED) is 0.762. The van der Waals surface area contributed by atoms with Crippen LogP contribution in [-0.4, -0.2) is 43.2 Å². The number of nitrogens with zero attached hydrogens (tertiary/aromatic N) is 1. The Hall–Kier alpha value is -0.610.